The van der Waals surface area contributed by atoms with E-state index in [-0.39, 0.29) is 11.9 Å². The summed E-state index contributed by atoms with van der Waals surface area (Å²) in [5, 5.41) is 20.5. The fourth-order valence-corrected chi connectivity index (χ4v) is 3.05. The average molecular weight is 289 g/mol. The third kappa shape index (κ3) is 2.22. The number of benzene rings is 1. The Kier molecular flexibility index (Phi) is 3.47. The highest BCUT2D eigenvalue weighted by molar-refractivity contribution is 5.99. The molecule has 2 N–H and O–H groups in total. The second-order valence-electron chi connectivity index (χ2n) is 5.67. The van der Waals surface area contributed by atoms with Crippen LogP contribution in [0.25, 0.3) is 11.0 Å². The molecule has 0 aliphatic heterocycles. The number of carbonyl (C=O) groups is 1. The third-order valence-corrected chi connectivity index (χ3v) is 4.40. The molecule has 1 aliphatic rings. The molecule has 1 amide bonds. The minimum atomic E-state index is -0.899. The van der Waals surface area contributed by atoms with Gasteiger partial charge in [0, 0.05) is 18.0 Å². The van der Waals surface area contributed by atoms with Crippen LogP contribution in [0.3, 0.4) is 0 Å². The molecule has 1 aliphatic carbocycles. The van der Waals surface area contributed by atoms with Crippen molar-refractivity contribution in [3.8, 4) is 0 Å². The van der Waals surface area contributed by atoms with Gasteiger partial charge >= 0.3 is 0 Å². The first-order chi connectivity index (χ1) is 10.0. The van der Waals surface area contributed by atoms with E-state index in [1.165, 1.54) is 4.90 Å². The first-order valence-corrected chi connectivity index (χ1v) is 7.12. The molecule has 1 fully saturated rings. The van der Waals surface area contributed by atoms with E-state index < -0.39 is 12.2 Å². The molecule has 0 unspecified atom stereocenters. The summed E-state index contributed by atoms with van der Waals surface area (Å²) in [4.78, 5) is 14.1. The Morgan fingerprint density at radius 3 is 2.62 bits per heavy atom. The lowest BCUT2D eigenvalue weighted by atomic mass is 10.1. The summed E-state index contributed by atoms with van der Waals surface area (Å²) in [7, 11) is 1.64. The lowest BCUT2D eigenvalue weighted by Crippen LogP contribution is -2.44. The molecule has 3 rings (SSSR count). The summed E-state index contributed by atoms with van der Waals surface area (Å²) >= 11 is 0. The minimum Gasteiger partial charge on any atom is -0.451 e. The molecule has 0 saturated heterocycles. The normalized spacial score (nSPS) is 25.4. The van der Waals surface area contributed by atoms with E-state index >= 15 is 0 Å². The van der Waals surface area contributed by atoms with Crippen molar-refractivity contribution < 1.29 is 19.4 Å². The van der Waals surface area contributed by atoms with Gasteiger partial charge in [0.25, 0.3) is 5.91 Å². The molecule has 1 aromatic heterocycles. The average Bonchev–Trinajstić information content (AvgIpc) is 3.00. The number of hydrogen-bond donors (Lipinski definition) is 2. The van der Waals surface area contributed by atoms with E-state index in [9.17, 15) is 15.0 Å². The van der Waals surface area contributed by atoms with Gasteiger partial charge in [0.2, 0.25) is 0 Å². The molecule has 112 valence electrons. The SMILES string of the molecule is Cc1c(C(=O)N(C)[C@@H]2CC[C@@H](O)[C@@H]2O)oc2ccccc12. The van der Waals surface area contributed by atoms with Crippen LogP contribution < -0.4 is 0 Å². The van der Waals surface area contributed by atoms with Crippen molar-refractivity contribution >= 4 is 16.9 Å². The van der Waals surface area contributed by atoms with Crippen LogP contribution >= 0.6 is 0 Å². The molecule has 5 heteroatoms. The zero-order chi connectivity index (χ0) is 15.1. The number of para-hydroxylation sites is 1. The lowest BCUT2D eigenvalue weighted by molar-refractivity contribution is 0.00579. The predicted octanol–water partition coefficient (Wildman–Crippen LogP) is 1.70. The van der Waals surface area contributed by atoms with Crippen LogP contribution in [0, 0.1) is 6.92 Å². The maximum atomic E-state index is 12.6. The van der Waals surface area contributed by atoms with Crippen molar-refractivity contribution in [2.24, 2.45) is 0 Å². The van der Waals surface area contributed by atoms with Crippen LogP contribution in [0.15, 0.2) is 28.7 Å². The van der Waals surface area contributed by atoms with Crippen LogP contribution in [-0.2, 0) is 0 Å². The van der Waals surface area contributed by atoms with Crippen LogP contribution in [0.5, 0.6) is 0 Å². The second kappa shape index (κ2) is 5.16. The molecule has 1 aromatic carbocycles. The number of nitrogens with zero attached hydrogens (tertiary/aromatic N) is 1. The monoisotopic (exact) mass is 289 g/mol. The standard InChI is InChI=1S/C16H19NO4/c1-9-10-5-3-4-6-13(10)21-15(9)16(20)17(2)11-7-8-12(18)14(11)19/h3-6,11-12,14,18-19H,7-8H2,1-2H3/t11-,12-,14-/m1/s1. The predicted molar refractivity (Wildman–Crippen MR) is 78.1 cm³/mol. The van der Waals surface area contributed by atoms with Crippen molar-refractivity contribution in [2.45, 2.75) is 38.0 Å². The van der Waals surface area contributed by atoms with Crippen LogP contribution in [0.2, 0.25) is 0 Å². The van der Waals surface area contributed by atoms with Crippen molar-refractivity contribution in [1.82, 2.24) is 4.90 Å². The summed E-state index contributed by atoms with van der Waals surface area (Å²) in [5.41, 5.74) is 1.48. The van der Waals surface area contributed by atoms with E-state index in [0.29, 0.717) is 24.2 Å². The summed E-state index contributed by atoms with van der Waals surface area (Å²) in [5.74, 6) is 0.0362. The van der Waals surface area contributed by atoms with E-state index in [2.05, 4.69) is 0 Å². The molecule has 0 spiro atoms. The largest absolute Gasteiger partial charge is 0.451 e. The maximum Gasteiger partial charge on any atom is 0.289 e. The van der Waals surface area contributed by atoms with Gasteiger partial charge in [0.15, 0.2) is 5.76 Å². The highest BCUT2D eigenvalue weighted by Crippen LogP contribution is 2.29. The zero-order valence-corrected chi connectivity index (χ0v) is 12.1. The molecular weight excluding hydrogens is 270 g/mol. The van der Waals surface area contributed by atoms with E-state index in [1.807, 2.05) is 31.2 Å². The molecule has 21 heavy (non-hydrogen) atoms. The molecule has 1 saturated carbocycles. The Hall–Kier alpha value is -1.85. The molecule has 1 heterocycles. The van der Waals surface area contributed by atoms with Gasteiger partial charge in [0.1, 0.15) is 11.7 Å². The Labute approximate surface area is 122 Å². The van der Waals surface area contributed by atoms with Crippen molar-refractivity contribution in [1.29, 1.82) is 0 Å². The van der Waals surface area contributed by atoms with Crippen LogP contribution in [0.4, 0.5) is 0 Å². The second-order valence-corrected chi connectivity index (χ2v) is 5.67. The first-order valence-electron chi connectivity index (χ1n) is 7.12. The fraction of sp³-hybridized carbons (Fsp3) is 0.438. The summed E-state index contributed by atoms with van der Waals surface area (Å²) in [6, 6.07) is 7.13. The number of furan rings is 1. The Bertz CT molecular complexity index is 678. The van der Waals surface area contributed by atoms with E-state index in [0.717, 1.165) is 10.9 Å². The van der Waals surface area contributed by atoms with Crippen LogP contribution in [-0.4, -0.2) is 46.3 Å². The maximum absolute atomic E-state index is 12.6. The van der Waals surface area contributed by atoms with Gasteiger partial charge in [-0.1, -0.05) is 18.2 Å². The number of carbonyl (C=O) groups excluding carboxylic acids is 1. The van der Waals surface area contributed by atoms with Gasteiger partial charge in [-0.2, -0.15) is 0 Å². The van der Waals surface area contributed by atoms with Crippen molar-refractivity contribution in [3.05, 3.63) is 35.6 Å². The minimum absolute atomic E-state index is 0.262. The molecule has 0 radical (unpaired) electrons. The number of aryl methyl sites for hydroxylation is 1. The summed E-state index contributed by atoms with van der Waals surface area (Å²) in [6.07, 6.45) is -0.572. The Morgan fingerprint density at radius 1 is 1.29 bits per heavy atom. The van der Waals surface area contributed by atoms with Gasteiger partial charge in [-0.25, -0.2) is 0 Å². The Balaban J connectivity index is 1.91. The lowest BCUT2D eigenvalue weighted by Gasteiger charge is -2.27. The van der Waals surface area contributed by atoms with Gasteiger partial charge < -0.3 is 19.5 Å². The fourth-order valence-electron chi connectivity index (χ4n) is 3.05. The smallest absolute Gasteiger partial charge is 0.289 e. The number of aliphatic hydroxyl groups is 2. The van der Waals surface area contributed by atoms with Gasteiger partial charge in [-0.3, -0.25) is 4.79 Å². The molecular formula is C16H19NO4. The highest BCUT2D eigenvalue weighted by atomic mass is 16.4. The zero-order valence-electron chi connectivity index (χ0n) is 12.1. The number of fused-ring (bicyclic) bond motifs is 1. The highest BCUT2D eigenvalue weighted by Gasteiger charge is 2.38. The quantitative estimate of drug-likeness (QED) is 0.882. The number of aliphatic hydroxyl groups excluding tert-OH is 2. The summed E-state index contributed by atoms with van der Waals surface area (Å²) < 4.78 is 5.67. The van der Waals surface area contributed by atoms with E-state index in [4.69, 9.17) is 4.42 Å². The molecule has 5 nitrogen and oxygen atoms in total. The first kappa shape index (κ1) is 14.1. The van der Waals surface area contributed by atoms with Crippen molar-refractivity contribution in [2.75, 3.05) is 7.05 Å². The molecule has 3 atom stereocenters. The number of rotatable bonds is 2. The van der Waals surface area contributed by atoms with Gasteiger partial charge in [-0.05, 0) is 25.8 Å². The number of amides is 1. The summed E-state index contributed by atoms with van der Waals surface area (Å²) in [6.45, 7) is 1.85. The van der Waals surface area contributed by atoms with Crippen molar-refractivity contribution in [3.63, 3.8) is 0 Å². The topological polar surface area (TPSA) is 73.9 Å². The third-order valence-electron chi connectivity index (χ3n) is 4.40. The number of likely N-dealkylation sites (N-methyl/N-ethyl adjacent to an activating group) is 1. The van der Waals surface area contributed by atoms with Gasteiger partial charge in [-0.15, -0.1) is 0 Å². The molecule has 0 bridgehead atoms. The van der Waals surface area contributed by atoms with Gasteiger partial charge in [0.05, 0.1) is 12.1 Å². The van der Waals surface area contributed by atoms with E-state index in [1.54, 1.807) is 7.05 Å². The van der Waals surface area contributed by atoms with Crippen LogP contribution in [0.1, 0.15) is 29.0 Å². The molecule has 2 aromatic rings. The Morgan fingerprint density at radius 2 is 2.00 bits per heavy atom. The number of hydrogen-bond acceptors (Lipinski definition) is 4.